The van der Waals surface area contributed by atoms with Crippen molar-refractivity contribution < 1.29 is 19.3 Å². The number of benzene rings is 3. The number of thioether (sulfide) groups is 1. The zero-order valence-corrected chi connectivity index (χ0v) is 21.9. The van der Waals surface area contributed by atoms with Gasteiger partial charge in [0.15, 0.2) is 5.16 Å². The average molecular weight is 556 g/mol. The lowest BCUT2D eigenvalue weighted by atomic mass is 10.1. The second-order valence-electron chi connectivity index (χ2n) is 8.09. The van der Waals surface area contributed by atoms with E-state index in [-0.39, 0.29) is 28.8 Å². The normalized spacial score (nSPS) is 11.7. The highest BCUT2D eigenvalue weighted by molar-refractivity contribution is 7.99. The molecule has 0 saturated carbocycles. The van der Waals surface area contributed by atoms with Crippen molar-refractivity contribution >= 4 is 29.1 Å². The Bertz CT molecular complexity index is 1450. The van der Waals surface area contributed by atoms with Gasteiger partial charge in [0, 0.05) is 22.7 Å². The Hall–Kier alpha value is -4.16. The van der Waals surface area contributed by atoms with Crippen molar-refractivity contribution in [2.75, 3.05) is 13.7 Å². The summed E-state index contributed by atoms with van der Waals surface area (Å²) in [6.07, 6.45) is 0. The average Bonchev–Trinajstić information content (AvgIpc) is 3.27. The maximum Gasteiger partial charge on any atom is 0.269 e. The Kier molecular flexibility index (Phi) is 8.44. The van der Waals surface area contributed by atoms with Gasteiger partial charge in [-0.25, -0.2) is 0 Å². The number of hydrogen-bond acceptors (Lipinski definition) is 9. The highest BCUT2D eigenvalue weighted by atomic mass is 35.5. The summed E-state index contributed by atoms with van der Waals surface area (Å²) in [6, 6.07) is 18.3. The van der Waals surface area contributed by atoms with Crippen LogP contribution in [0, 0.1) is 27.2 Å². The molecule has 0 radical (unpaired) electrons. The number of rotatable bonds is 11. The van der Waals surface area contributed by atoms with Gasteiger partial charge in [-0.05, 0) is 66.6 Å². The molecule has 0 fully saturated rings. The van der Waals surface area contributed by atoms with E-state index in [0.717, 1.165) is 11.3 Å². The molecule has 1 atom stereocenters. The Morgan fingerprint density at radius 1 is 1.03 bits per heavy atom. The van der Waals surface area contributed by atoms with Crippen LogP contribution >= 0.6 is 23.4 Å². The highest BCUT2D eigenvalue weighted by Crippen LogP contribution is 2.39. The number of halogens is 1. The molecule has 0 aliphatic carbocycles. The molecule has 1 aromatic heterocycles. The fourth-order valence-electron chi connectivity index (χ4n) is 3.63. The van der Waals surface area contributed by atoms with Crippen molar-refractivity contribution in [2.45, 2.75) is 23.9 Å². The maximum atomic E-state index is 11.5. The van der Waals surface area contributed by atoms with E-state index in [9.17, 15) is 20.2 Å². The third kappa shape index (κ3) is 6.39. The van der Waals surface area contributed by atoms with Crippen molar-refractivity contribution in [2.24, 2.45) is 0 Å². The lowest BCUT2D eigenvalue weighted by Crippen LogP contribution is -2.11. The molecule has 11 nitrogen and oxygen atoms in total. The molecular weight excluding hydrogens is 534 g/mol. The minimum Gasteiger partial charge on any atom is -0.497 e. The molecular formula is C25H22ClN5O6S. The fraction of sp³-hybridized carbons (Fsp3) is 0.200. The van der Waals surface area contributed by atoms with Gasteiger partial charge in [0.2, 0.25) is 6.54 Å². The van der Waals surface area contributed by atoms with Crippen LogP contribution in [-0.2, 0) is 6.61 Å². The van der Waals surface area contributed by atoms with Crippen LogP contribution in [0.2, 0.25) is 5.02 Å². The molecule has 0 unspecified atom stereocenters. The summed E-state index contributed by atoms with van der Waals surface area (Å²) in [7, 11) is 1.58. The minimum absolute atomic E-state index is 0.0107. The Labute approximate surface area is 226 Å². The van der Waals surface area contributed by atoms with E-state index in [1.807, 2.05) is 28.8 Å². The van der Waals surface area contributed by atoms with Crippen LogP contribution in [0.15, 0.2) is 71.9 Å². The van der Waals surface area contributed by atoms with Gasteiger partial charge in [-0.1, -0.05) is 29.4 Å². The molecule has 13 heteroatoms. The van der Waals surface area contributed by atoms with Gasteiger partial charge < -0.3 is 9.47 Å². The van der Waals surface area contributed by atoms with Gasteiger partial charge in [-0.2, -0.15) is 0 Å². The zero-order chi connectivity index (χ0) is 27.2. The van der Waals surface area contributed by atoms with E-state index in [0.29, 0.717) is 28.0 Å². The largest absolute Gasteiger partial charge is 0.497 e. The van der Waals surface area contributed by atoms with E-state index < -0.39 is 10.2 Å². The SMILES string of the molecule is COc1ccc(-n2c(C)nnc2S[C@@H](C[N+](=O)[O-])c2ccc(OCc3ccc([N+](=O)[O-])cc3)c(Cl)c2)cc1. The van der Waals surface area contributed by atoms with Crippen LogP contribution in [-0.4, -0.2) is 38.3 Å². The monoisotopic (exact) mass is 555 g/mol. The summed E-state index contributed by atoms with van der Waals surface area (Å²) in [4.78, 5) is 21.5. The van der Waals surface area contributed by atoms with Crippen molar-refractivity contribution in [3.05, 3.63) is 109 Å². The number of methoxy groups -OCH3 is 1. The standard InChI is InChI=1S/C25H22ClN5O6S/c1-16-27-28-25(30(16)19-8-10-21(36-2)11-9-19)38-24(14-29(32)33)18-5-12-23(22(26)13-18)37-15-17-3-6-20(7-4-17)31(34)35/h3-13,24H,14-15H2,1-2H3/t24-/m0/s1. The predicted molar refractivity (Wildman–Crippen MR) is 142 cm³/mol. The summed E-state index contributed by atoms with van der Waals surface area (Å²) in [5.74, 6) is 1.71. The molecule has 0 saturated heterocycles. The third-order valence-electron chi connectivity index (χ3n) is 5.56. The first-order valence-electron chi connectivity index (χ1n) is 11.3. The summed E-state index contributed by atoms with van der Waals surface area (Å²) in [5, 5.41) is 30.9. The van der Waals surface area contributed by atoms with Crippen LogP contribution in [0.5, 0.6) is 11.5 Å². The van der Waals surface area contributed by atoms with E-state index in [1.165, 1.54) is 23.9 Å². The third-order valence-corrected chi connectivity index (χ3v) is 7.03. The number of nitro groups is 2. The number of non-ortho nitro benzene ring substituents is 1. The van der Waals surface area contributed by atoms with Gasteiger partial charge >= 0.3 is 0 Å². The smallest absolute Gasteiger partial charge is 0.269 e. The van der Waals surface area contributed by atoms with Gasteiger partial charge in [0.1, 0.15) is 29.2 Å². The summed E-state index contributed by atoms with van der Waals surface area (Å²) < 4.78 is 12.8. The Morgan fingerprint density at radius 2 is 1.74 bits per heavy atom. The van der Waals surface area contributed by atoms with Crippen molar-refractivity contribution in [1.29, 1.82) is 0 Å². The quantitative estimate of drug-likeness (QED) is 0.127. The van der Waals surface area contributed by atoms with Gasteiger partial charge in [-0.3, -0.25) is 24.8 Å². The van der Waals surface area contributed by atoms with E-state index in [2.05, 4.69) is 10.2 Å². The van der Waals surface area contributed by atoms with Crippen molar-refractivity contribution in [3.63, 3.8) is 0 Å². The maximum absolute atomic E-state index is 11.5. The van der Waals surface area contributed by atoms with Crippen LogP contribution in [0.25, 0.3) is 5.69 Å². The van der Waals surface area contributed by atoms with E-state index in [4.69, 9.17) is 21.1 Å². The van der Waals surface area contributed by atoms with Crippen LogP contribution < -0.4 is 9.47 Å². The summed E-state index contributed by atoms with van der Waals surface area (Å²) in [5.41, 5.74) is 2.14. The molecule has 4 rings (SSSR count). The van der Waals surface area contributed by atoms with Crippen molar-refractivity contribution in [1.82, 2.24) is 14.8 Å². The summed E-state index contributed by atoms with van der Waals surface area (Å²) in [6.45, 7) is 1.59. The molecule has 0 N–H and O–H groups in total. The van der Waals surface area contributed by atoms with Gasteiger partial charge in [0.05, 0.1) is 17.1 Å². The van der Waals surface area contributed by atoms with E-state index in [1.54, 1.807) is 44.4 Å². The molecule has 38 heavy (non-hydrogen) atoms. The predicted octanol–water partition coefficient (Wildman–Crippen LogP) is 5.84. The highest BCUT2D eigenvalue weighted by Gasteiger charge is 2.24. The van der Waals surface area contributed by atoms with Crippen molar-refractivity contribution in [3.8, 4) is 17.2 Å². The first-order chi connectivity index (χ1) is 18.2. The molecule has 0 aliphatic heterocycles. The molecule has 1 heterocycles. The van der Waals surface area contributed by atoms with E-state index >= 15 is 0 Å². The number of aryl methyl sites for hydroxylation is 1. The Balaban J connectivity index is 1.54. The molecule has 196 valence electrons. The molecule has 4 aromatic rings. The number of hydrogen-bond donors (Lipinski definition) is 0. The molecule has 3 aromatic carbocycles. The zero-order valence-electron chi connectivity index (χ0n) is 20.3. The minimum atomic E-state index is -0.605. The van der Waals surface area contributed by atoms with Crippen LogP contribution in [0.1, 0.15) is 22.2 Å². The van der Waals surface area contributed by atoms with Crippen LogP contribution in [0.3, 0.4) is 0 Å². The number of nitrogens with zero attached hydrogens (tertiary/aromatic N) is 5. The molecule has 0 aliphatic rings. The second-order valence-corrected chi connectivity index (χ2v) is 9.66. The molecule has 0 spiro atoms. The van der Waals surface area contributed by atoms with Gasteiger partial charge in [0.25, 0.3) is 5.69 Å². The topological polar surface area (TPSA) is 135 Å². The number of aromatic nitrogens is 3. The van der Waals surface area contributed by atoms with Crippen LogP contribution in [0.4, 0.5) is 5.69 Å². The number of ether oxygens (including phenoxy) is 2. The second kappa shape index (κ2) is 11.9. The summed E-state index contributed by atoms with van der Waals surface area (Å²) >= 11 is 7.68. The lowest BCUT2D eigenvalue weighted by Gasteiger charge is -2.16. The first-order valence-corrected chi connectivity index (χ1v) is 12.5. The molecule has 0 bridgehead atoms. The first kappa shape index (κ1) is 26.9. The van der Waals surface area contributed by atoms with Gasteiger partial charge in [-0.15, -0.1) is 10.2 Å². The number of nitro benzene ring substituents is 1. The lowest BCUT2D eigenvalue weighted by molar-refractivity contribution is -0.479. The Morgan fingerprint density at radius 3 is 2.34 bits per heavy atom. The fourth-order valence-corrected chi connectivity index (χ4v) is 5.04. The molecule has 0 amide bonds.